The average molecular weight is 915 g/mol. The Labute approximate surface area is 387 Å². The molecule has 2 aliphatic carbocycles. The molecule has 2 aliphatic rings. The van der Waals surface area contributed by atoms with Crippen molar-refractivity contribution in [2.45, 2.75) is 165 Å². The third kappa shape index (κ3) is 15.8. The zero-order valence-corrected chi connectivity index (χ0v) is 40.2. The number of carboxylic acids is 2. The molecule has 2 aromatic rings. The molecule has 0 spiro atoms. The number of aliphatic imine (C=N–C) groups is 1. The fourth-order valence-electron chi connectivity index (χ4n) is 8.01. The molecule has 0 aromatic heterocycles. The predicted octanol–water partition coefficient (Wildman–Crippen LogP) is 10.5. The van der Waals surface area contributed by atoms with Crippen LogP contribution in [0.2, 0.25) is 0 Å². The molecule has 0 amide bonds. The summed E-state index contributed by atoms with van der Waals surface area (Å²) in [6.07, 6.45) is 22.2. The van der Waals surface area contributed by atoms with Crippen molar-refractivity contribution >= 4 is 29.7 Å². The van der Waals surface area contributed by atoms with Gasteiger partial charge in [0.15, 0.2) is 17.2 Å². The second kappa shape index (κ2) is 28.9. The molecule has 4 rings (SSSR count). The van der Waals surface area contributed by atoms with Crippen LogP contribution < -0.4 is 10.2 Å². The van der Waals surface area contributed by atoms with Crippen LogP contribution in [0.1, 0.15) is 167 Å². The molecule has 0 saturated carbocycles. The Morgan fingerprint density at radius 2 is 1.06 bits per heavy atom. The molecule has 63 heavy (non-hydrogen) atoms. The van der Waals surface area contributed by atoms with Gasteiger partial charge in [0.05, 0.1) is 41.9 Å². The van der Waals surface area contributed by atoms with Gasteiger partial charge in [0, 0.05) is 22.1 Å². The number of benzene rings is 2. The van der Waals surface area contributed by atoms with Crippen LogP contribution in [0.4, 0.5) is 5.69 Å². The Balaban J connectivity index is 0.000000532. The first-order valence-corrected chi connectivity index (χ1v) is 23.1. The molecule has 2 unspecified atom stereocenters. The fourth-order valence-corrected chi connectivity index (χ4v) is 8.01. The number of aliphatic hydroxyl groups is 4. The minimum Gasteiger partial charge on any atom is -0.549 e. The van der Waals surface area contributed by atoms with Gasteiger partial charge >= 0.3 is 0 Å². The second-order valence-corrected chi connectivity index (χ2v) is 16.4. The molecule has 0 bridgehead atoms. The summed E-state index contributed by atoms with van der Waals surface area (Å²) in [7, 11) is 0. The quantitative estimate of drug-likeness (QED) is 0.0439. The van der Waals surface area contributed by atoms with E-state index in [2.05, 4.69) is 88.7 Å². The maximum Gasteiger partial charge on any atom is 0.298 e. The fraction of sp³-hybridized carbons (Fsp3) is 0.538. The van der Waals surface area contributed by atoms with E-state index in [4.69, 9.17) is 4.99 Å². The number of rotatable bonds is 20. The zero-order chi connectivity index (χ0) is 46.3. The van der Waals surface area contributed by atoms with Gasteiger partial charge in [-0.15, -0.1) is 0 Å². The summed E-state index contributed by atoms with van der Waals surface area (Å²) in [6.45, 7) is 18.3. The van der Waals surface area contributed by atoms with Gasteiger partial charge in [0.2, 0.25) is 0 Å². The second-order valence-electron chi connectivity index (χ2n) is 16.4. The summed E-state index contributed by atoms with van der Waals surface area (Å²) >= 11 is 0. The first-order chi connectivity index (χ1) is 29.7. The minimum atomic E-state index is -1.44. The van der Waals surface area contributed by atoms with Crippen LogP contribution in [0.5, 0.6) is 0 Å². The summed E-state index contributed by atoms with van der Waals surface area (Å²) in [5.74, 6) is -3.22. The Morgan fingerprint density at radius 1 is 0.635 bits per heavy atom. The van der Waals surface area contributed by atoms with E-state index < -0.39 is 34.3 Å². The van der Waals surface area contributed by atoms with Crippen LogP contribution in [0.3, 0.4) is 0 Å². The molecule has 0 radical (unpaired) electrons. The van der Waals surface area contributed by atoms with Crippen molar-refractivity contribution < 1.29 is 61.3 Å². The summed E-state index contributed by atoms with van der Waals surface area (Å²) in [5.41, 5.74) is 5.46. The third-order valence-corrected chi connectivity index (χ3v) is 11.6. The molecule has 2 atom stereocenters. The van der Waals surface area contributed by atoms with E-state index in [-0.39, 0.29) is 53.7 Å². The van der Waals surface area contributed by atoms with Gasteiger partial charge in [-0.2, -0.15) is 0 Å². The maximum absolute atomic E-state index is 11.1. The molecular formula is C52H75N2NiO8-. The van der Waals surface area contributed by atoms with Crippen LogP contribution in [0.25, 0.3) is 0 Å². The predicted molar refractivity (Wildman–Crippen MR) is 248 cm³/mol. The molecule has 10 nitrogen and oxygen atoms in total. The van der Waals surface area contributed by atoms with Crippen molar-refractivity contribution in [3.8, 4) is 0 Å². The summed E-state index contributed by atoms with van der Waals surface area (Å²) < 4.78 is 2.32. The molecule has 11 heteroatoms. The van der Waals surface area contributed by atoms with E-state index in [0.717, 1.165) is 56.6 Å². The van der Waals surface area contributed by atoms with E-state index >= 15 is 0 Å². The number of aliphatic hydroxyl groups excluding tert-OH is 4. The standard InChI is InChI=1S/C30H45N2.2C11H16O4.Ni/c1-7-13-25-18-17-24(21-27(25)15-9-3)23-32(12-6)30(11-5)31-29-20-19-26(14-8-2)28(22-29)16-10-4;2*1-2-3-6-11(10(14)15)7-4-5-8(12)9(11)13;/h17-23H,7-16H2,1-6H3;2*4-5,12-13H,2-3,6-7H2,1H3,(H,14,15);/q+1;;;/p-2. The van der Waals surface area contributed by atoms with Crippen molar-refractivity contribution in [3.63, 3.8) is 0 Å². The van der Waals surface area contributed by atoms with Crippen molar-refractivity contribution in [2.75, 3.05) is 6.54 Å². The summed E-state index contributed by atoms with van der Waals surface area (Å²) in [5, 5.41) is 60.1. The molecule has 0 fully saturated rings. The van der Waals surface area contributed by atoms with Gasteiger partial charge in [0.25, 0.3) is 5.84 Å². The molecule has 0 heterocycles. The van der Waals surface area contributed by atoms with Gasteiger partial charge in [-0.25, -0.2) is 4.58 Å². The molecular weight excluding hydrogens is 839 g/mol. The maximum atomic E-state index is 11.1. The SMILES string of the molecule is CCCCC1(C(=O)[O-])CC=CC(O)=C1O.CCCCC1(C(=O)[O-])CC=CC(O)=C1O.CCCc1ccc(C=[N+](CC)C(CC)=Nc2ccc(CCC)c(CCC)c2)cc1CCC.[Ni]. The number of unbranched alkanes of at least 4 members (excludes halogenated alkanes) is 2. The normalized spacial score (nSPS) is 18.5. The van der Waals surface area contributed by atoms with Crippen molar-refractivity contribution in [3.05, 3.63) is 112 Å². The van der Waals surface area contributed by atoms with Crippen molar-refractivity contribution in [1.82, 2.24) is 0 Å². The molecule has 2 aromatic carbocycles. The van der Waals surface area contributed by atoms with Gasteiger partial charge < -0.3 is 40.2 Å². The Kier molecular flexibility index (Phi) is 25.9. The molecule has 352 valence electrons. The Hall–Kier alpha value is -4.63. The van der Waals surface area contributed by atoms with E-state index in [0.29, 0.717) is 12.8 Å². The van der Waals surface area contributed by atoms with Gasteiger partial charge in [-0.05, 0) is 116 Å². The van der Waals surface area contributed by atoms with Crippen molar-refractivity contribution in [1.29, 1.82) is 0 Å². The number of hydrogen-bond acceptors (Lipinski definition) is 9. The minimum absolute atomic E-state index is 0. The van der Waals surface area contributed by atoms with Crippen LogP contribution >= 0.6 is 0 Å². The smallest absolute Gasteiger partial charge is 0.298 e. The first-order valence-electron chi connectivity index (χ1n) is 23.1. The van der Waals surface area contributed by atoms with Crippen LogP contribution in [-0.2, 0) is 51.8 Å². The number of hydrogen-bond donors (Lipinski definition) is 4. The number of carbonyl (C=O) groups is 2. The number of nitrogens with zero attached hydrogens (tertiary/aromatic N) is 2. The molecule has 0 aliphatic heterocycles. The topological polar surface area (TPSA) is 177 Å². The zero-order valence-electron chi connectivity index (χ0n) is 39.2. The third-order valence-electron chi connectivity index (χ3n) is 11.6. The number of carbonyl (C=O) groups excluding carboxylic acids is 2. The first kappa shape index (κ1) is 56.4. The Morgan fingerprint density at radius 3 is 1.46 bits per heavy atom. The number of carboxylic acid groups (broad SMARTS) is 2. The number of amidine groups is 1. The Bertz CT molecular complexity index is 1820. The number of allylic oxidation sites excluding steroid dienone is 4. The number of aliphatic carboxylic acids is 2. The van der Waals surface area contributed by atoms with Gasteiger partial charge in [-0.1, -0.05) is 130 Å². The van der Waals surface area contributed by atoms with Crippen molar-refractivity contribution in [2.24, 2.45) is 15.8 Å². The van der Waals surface area contributed by atoms with E-state index in [1.165, 1.54) is 72.1 Å². The average Bonchev–Trinajstić information content (AvgIpc) is 3.25. The molecule has 0 saturated heterocycles. The van der Waals surface area contributed by atoms with Crippen LogP contribution in [-0.4, -0.2) is 55.5 Å². The van der Waals surface area contributed by atoms with Crippen LogP contribution in [0, 0.1) is 10.8 Å². The van der Waals surface area contributed by atoms with Gasteiger partial charge in [-0.3, -0.25) is 0 Å². The van der Waals surface area contributed by atoms with E-state index in [1.807, 2.05) is 13.8 Å². The monoisotopic (exact) mass is 913 g/mol. The van der Waals surface area contributed by atoms with Gasteiger partial charge in [0.1, 0.15) is 11.5 Å². The van der Waals surface area contributed by atoms with E-state index in [9.17, 15) is 40.2 Å². The largest absolute Gasteiger partial charge is 0.549 e. The number of aryl methyl sites for hydroxylation is 4. The summed E-state index contributed by atoms with van der Waals surface area (Å²) in [4.78, 5) is 27.3. The van der Waals surface area contributed by atoms with Crippen LogP contribution in [0.15, 0.2) is 88.7 Å². The summed E-state index contributed by atoms with van der Waals surface area (Å²) in [6, 6.07) is 13.8. The van der Waals surface area contributed by atoms with E-state index in [1.54, 1.807) is 12.2 Å². The molecule has 4 N–H and O–H groups in total.